The minimum Gasteiger partial charge on any atom is -0.324 e. The molecule has 0 aliphatic rings. The standard InChI is InChI=1S/C34H26F3N9O4S/c1-20-4-5-22(17-28(20)42-33-40-16-14-27(41-33)23-3-2-15-39-19-23)31(47)43-44-32(48)29-18-30(21-6-8-24(9-7-21)34(35,36)37)46(45-29)25-10-12-26(13-11-25)51(38,49)50/h2-19H,1H3,(H,43,47)(H,44,48)(H2,38,49,50)(H,40,41,42). The molecule has 0 aliphatic heterocycles. The summed E-state index contributed by atoms with van der Waals surface area (Å²) in [6, 6.07) is 20.9. The average Bonchev–Trinajstić information content (AvgIpc) is 3.57. The number of pyridine rings is 1. The van der Waals surface area contributed by atoms with Gasteiger partial charge in [0.05, 0.1) is 27.5 Å². The summed E-state index contributed by atoms with van der Waals surface area (Å²) in [7, 11) is -4.02. The van der Waals surface area contributed by atoms with Crippen LogP contribution in [0.4, 0.5) is 24.8 Å². The number of alkyl halides is 3. The van der Waals surface area contributed by atoms with Gasteiger partial charge < -0.3 is 5.32 Å². The number of primary sulfonamides is 1. The summed E-state index contributed by atoms with van der Waals surface area (Å²) in [5.74, 6) is -1.23. The molecule has 0 aliphatic carbocycles. The van der Waals surface area contributed by atoms with Crippen LogP contribution in [0, 0.1) is 6.92 Å². The van der Waals surface area contributed by atoms with Gasteiger partial charge in [-0.1, -0.05) is 18.2 Å². The van der Waals surface area contributed by atoms with E-state index in [9.17, 15) is 31.2 Å². The van der Waals surface area contributed by atoms with Crippen molar-refractivity contribution in [2.75, 3.05) is 5.32 Å². The molecule has 0 atom stereocenters. The smallest absolute Gasteiger partial charge is 0.324 e. The van der Waals surface area contributed by atoms with Crippen molar-refractivity contribution < 1.29 is 31.2 Å². The van der Waals surface area contributed by atoms with Gasteiger partial charge in [-0.2, -0.15) is 18.3 Å². The summed E-state index contributed by atoms with van der Waals surface area (Å²) in [6.07, 6.45) is 0.340. The zero-order valence-corrected chi connectivity index (χ0v) is 27.2. The minimum atomic E-state index is -4.57. The number of amides is 2. The van der Waals surface area contributed by atoms with Gasteiger partial charge in [0, 0.05) is 41.0 Å². The molecule has 0 saturated carbocycles. The first-order valence-electron chi connectivity index (χ1n) is 14.9. The molecule has 2 amide bonds. The van der Waals surface area contributed by atoms with Crippen LogP contribution in [-0.2, 0) is 16.2 Å². The Bertz CT molecular complexity index is 2350. The molecule has 0 saturated heterocycles. The van der Waals surface area contributed by atoms with E-state index in [1.807, 2.05) is 13.0 Å². The third-order valence-electron chi connectivity index (χ3n) is 7.51. The zero-order valence-electron chi connectivity index (χ0n) is 26.4. The van der Waals surface area contributed by atoms with Crippen LogP contribution in [0.5, 0.6) is 0 Å². The number of hydrazine groups is 1. The molecule has 5 N–H and O–H groups in total. The predicted molar refractivity (Wildman–Crippen MR) is 180 cm³/mol. The van der Waals surface area contributed by atoms with E-state index in [1.54, 1.807) is 48.9 Å². The molecule has 6 rings (SSSR count). The van der Waals surface area contributed by atoms with Crippen LogP contribution in [-0.4, -0.2) is 45.0 Å². The molecule has 0 fully saturated rings. The molecular formula is C34H26F3N9O4S. The summed E-state index contributed by atoms with van der Waals surface area (Å²) in [6.45, 7) is 1.82. The van der Waals surface area contributed by atoms with E-state index in [0.717, 1.165) is 23.3 Å². The molecule has 3 aromatic carbocycles. The van der Waals surface area contributed by atoms with Gasteiger partial charge in [0.2, 0.25) is 16.0 Å². The summed E-state index contributed by atoms with van der Waals surface area (Å²) in [5.41, 5.74) is 7.21. The highest BCUT2D eigenvalue weighted by Gasteiger charge is 2.30. The minimum absolute atomic E-state index is 0.178. The second kappa shape index (κ2) is 13.8. The molecule has 6 aromatic rings. The molecule has 0 spiro atoms. The van der Waals surface area contributed by atoms with E-state index in [2.05, 4.69) is 36.2 Å². The number of anilines is 2. The molecular weight excluding hydrogens is 687 g/mol. The second-order valence-electron chi connectivity index (χ2n) is 11.0. The lowest BCUT2D eigenvalue weighted by molar-refractivity contribution is -0.137. The number of rotatable bonds is 8. The van der Waals surface area contributed by atoms with Gasteiger partial charge in [0.25, 0.3) is 11.8 Å². The molecule has 51 heavy (non-hydrogen) atoms. The average molecular weight is 714 g/mol. The molecule has 3 heterocycles. The molecule has 17 heteroatoms. The lowest BCUT2D eigenvalue weighted by Gasteiger charge is -2.12. The quantitative estimate of drug-likeness (QED) is 0.154. The first kappa shape index (κ1) is 34.4. The third-order valence-corrected chi connectivity index (χ3v) is 8.44. The summed E-state index contributed by atoms with van der Waals surface area (Å²) in [5, 5.41) is 12.6. The number of aromatic nitrogens is 5. The number of benzene rings is 3. The van der Waals surface area contributed by atoms with Gasteiger partial charge in [-0.25, -0.2) is 28.2 Å². The van der Waals surface area contributed by atoms with Crippen LogP contribution >= 0.6 is 0 Å². The third kappa shape index (κ3) is 7.90. The van der Waals surface area contributed by atoms with Gasteiger partial charge in [-0.15, -0.1) is 0 Å². The van der Waals surface area contributed by atoms with Crippen molar-refractivity contribution in [2.45, 2.75) is 18.0 Å². The van der Waals surface area contributed by atoms with Crippen LogP contribution < -0.4 is 21.3 Å². The van der Waals surface area contributed by atoms with Crippen LogP contribution in [0.25, 0.3) is 28.2 Å². The van der Waals surface area contributed by atoms with E-state index >= 15 is 0 Å². The largest absolute Gasteiger partial charge is 0.416 e. The maximum atomic E-state index is 13.2. The molecule has 0 unspecified atom stereocenters. The fourth-order valence-corrected chi connectivity index (χ4v) is 5.38. The number of nitrogens with zero attached hydrogens (tertiary/aromatic N) is 5. The van der Waals surface area contributed by atoms with E-state index in [1.165, 1.54) is 47.1 Å². The summed E-state index contributed by atoms with van der Waals surface area (Å²) in [4.78, 5) is 39.0. The van der Waals surface area contributed by atoms with Gasteiger partial charge in [-0.05, 0) is 85.3 Å². The Morgan fingerprint density at radius 3 is 2.24 bits per heavy atom. The SMILES string of the molecule is Cc1ccc(C(=O)NNC(=O)c2cc(-c3ccc(C(F)(F)F)cc3)n(-c3ccc(S(N)(=O)=O)cc3)n2)cc1Nc1nccc(-c2cccnc2)n1. The van der Waals surface area contributed by atoms with E-state index in [-0.39, 0.29) is 39.0 Å². The maximum Gasteiger partial charge on any atom is 0.416 e. The second-order valence-corrected chi connectivity index (χ2v) is 12.6. The van der Waals surface area contributed by atoms with Crippen molar-refractivity contribution in [1.29, 1.82) is 0 Å². The zero-order chi connectivity index (χ0) is 36.3. The first-order valence-corrected chi connectivity index (χ1v) is 16.4. The van der Waals surface area contributed by atoms with Crippen molar-refractivity contribution in [3.05, 3.63) is 132 Å². The van der Waals surface area contributed by atoms with Gasteiger partial charge in [-0.3, -0.25) is 25.4 Å². The number of hydrogen-bond acceptors (Lipinski definition) is 9. The van der Waals surface area contributed by atoms with Crippen LogP contribution in [0.2, 0.25) is 0 Å². The lowest BCUT2D eigenvalue weighted by atomic mass is 10.1. The Kier molecular flexibility index (Phi) is 9.31. The fourth-order valence-electron chi connectivity index (χ4n) is 4.86. The first-order chi connectivity index (χ1) is 24.3. The maximum absolute atomic E-state index is 13.2. The summed E-state index contributed by atoms with van der Waals surface area (Å²) < 4.78 is 64.4. The van der Waals surface area contributed by atoms with E-state index in [4.69, 9.17) is 5.14 Å². The van der Waals surface area contributed by atoms with Crippen LogP contribution in [0.15, 0.2) is 114 Å². The Labute approximate surface area is 288 Å². The number of nitrogens with one attached hydrogen (secondary N) is 3. The number of nitrogens with two attached hydrogens (primary N) is 1. The molecule has 13 nitrogen and oxygen atoms in total. The highest BCUT2D eigenvalue weighted by Crippen LogP contribution is 2.32. The number of hydrogen-bond donors (Lipinski definition) is 4. The van der Waals surface area contributed by atoms with Crippen molar-refractivity contribution in [2.24, 2.45) is 5.14 Å². The Hall–Kier alpha value is -6.46. The fraction of sp³-hybridized carbons (Fsp3) is 0.0588. The van der Waals surface area contributed by atoms with Gasteiger partial charge in [0.15, 0.2) is 5.69 Å². The molecule has 258 valence electrons. The highest BCUT2D eigenvalue weighted by atomic mass is 32.2. The number of carbonyl (C=O) groups excluding carboxylic acids is 2. The van der Waals surface area contributed by atoms with Crippen molar-refractivity contribution >= 4 is 33.5 Å². The highest BCUT2D eigenvalue weighted by molar-refractivity contribution is 7.89. The number of halogens is 3. The monoisotopic (exact) mass is 713 g/mol. The van der Waals surface area contributed by atoms with Crippen molar-refractivity contribution in [1.82, 2.24) is 35.6 Å². The topological polar surface area (TPSA) is 187 Å². The van der Waals surface area contributed by atoms with E-state index in [0.29, 0.717) is 11.4 Å². The normalized spacial score (nSPS) is 11.5. The Balaban J connectivity index is 1.21. The Morgan fingerprint density at radius 2 is 1.57 bits per heavy atom. The van der Waals surface area contributed by atoms with Gasteiger partial charge >= 0.3 is 6.18 Å². The molecule has 0 bridgehead atoms. The Morgan fingerprint density at radius 1 is 0.843 bits per heavy atom. The lowest BCUT2D eigenvalue weighted by Crippen LogP contribution is -2.41. The van der Waals surface area contributed by atoms with E-state index < -0.39 is 33.6 Å². The van der Waals surface area contributed by atoms with Crippen molar-refractivity contribution in [3.8, 4) is 28.2 Å². The summed E-state index contributed by atoms with van der Waals surface area (Å²) >= 11 is 0. The van der Waals surface area contributed by atoms with Crippen LogP contribution in [0.1, 0.15) is 32.0 Å². The molecule has 3 aromatic heterocycles. The number of sulfonamides is 1. The predicted octanol–water partition coefficient (Wildman–Crippen LogP) is 5.18. The van der Waals surface area contributed by atoms with Crippen LogP contribution in [0.3, 0.4) is 0 Å². The molecule has 0 radical (unpaired) electrons. The number of carbonyl (C=O) groups is 2. The van der Waals surface area contributed by atoms with Gasteiger partial charge in [0.1, 0.15) is 0 Å². The van der Waals surface area contributed by atoms with Crippen molar-refractivity contribution in [3.63, 3.8) is 0 Å². The number of aryl methyl sites for hydroxylation is 1.